The molecule has 4 heteroatoms. The van der Waals surface area contributed by atoms with Crippen LogP contribution in [0.1, 0.15) is 76.3 Å². The number of benzene rings is 2. The first kappa shape index (κ1) is 22.5. The molecule has 2 aromatic carbocycles. The van der Waals surface area contributed by atoms with Crippen LogP contribution in [0.15, 0.2) is 24.3 Å². The highest BCUT2D eigenvalue weighted by atomic mass is 16.5. The maximum atomic E-state index is 6.06. The summed E-state index contributed by atoms with van der Waals surface area (Å²) in [6.07, 6.45) is 9.54. The minimum atomic E-state index is 0.466. The molecule has 0 unspecified atom stereocenters. The highest BCUT2D eigenvalue weighted by molar-refractivity contribution is 5.87. The van der Waals surface area contributed by atoms with Gasteiger partial charge in [-0.1, -0.05) is 52.4 Å². The van der Waals surface area contributed by atoms with E-state index in [0.29, 0.717) is 13.1 Å². The van der Waals surface area contributed by atoms with Crippen molar-refractivity contribution in [2.75, 3.05) is 13.2 Å². The molecule has 4 N–H and O–H groups in total. The topological polar surface area (TPSA) is 70.5 Å². The Balaban J connectivity index is 2.15. The lowest BCUT2D eigenvalue weighted by Crippen LogP contribution is -2.06. The van der Waals surface area contributed by atoms with Crippen LogP contribution in [-0.2, 0) is 13.1 Å². The van der Waals surface area contributed by atoms with Crippen molar-refractivity contribution in [2.24, 2.45) is 11.5 Å². The van der Waals surface area contributed by atoms with Crippen molar-refractivity contribution in [2.45, 2.75) is 78.3 Å². The first-order valence-electron chi connectivity index (χ1n) is 11.0. The second-order valence-electron chi connectivity index (χ2n) is 7.49. The molecule has 0 amide bonds. The number of fused-ring (bicyclic) bond motifs is 1. The molecular weight excluding hydrogens is 348 g/mol. The van der Waals surface area contributed by atoms with E-state index in [9.17, 15) is 0 Å². The number of nitrogens with two attached hydrogens (primary N) is 2. The molecule has 0 radical (unpaired) electrons. The van der Waals surface area contributed by atoms with Gasteiger partial charge in [0.25, 0.3) is 0 Å². The van der Waals surface area contributed by atoms with Crippen LogP contribution in [0.25, 0.3) is 10.8 Å². The monoisotopic (exact) mass is 386 g/mol. The number of ether oxygens (including phenoxy) is 2. The molecule has 0 fully saturated rings. The zero-order valence-corrected chi connectivity index (χ0v) is 17.8. The van der Waals surface area contributed by atoms with Gasteiger partial charge in [-0.2, -0.15) is 0 Å². The Labute approximate surface area is 170 Å². The lowest BCUT2D eigenvalue weighted by Gasteiger charge is -2.15. The largest absolute Gasteiger partial charge is 0.493 e. The molecule has 0 aromatic heterocycles. The Morgan fingerprint density at radius 3 is 1.43 bits per heavy atom. The summed E-state index contributed by atoms with van der Waals surface area (Å²) in [4.78, 5) is 0. The predicted molar refractivity (Wildman–Crippen MR) is 119 cm³/mol. The van der Waals surface area contributed by atoms with Crippen molar-refractivity contribution in [3.63, 3.8) is 0 Å². The predicted octanol–water partition coefficient (Wildman–Crippen LogP) is 5.68. The van der Waals surface area contributed by atoms with Gasteiger partial charge in [0.1, 0.15) is 11.5 Å². The third-order valence-electron chi connectivity index (χ3n) is 5.15. The molecule has 0 saturated carbocycles. The van der Waals surface area contributed by atoms with Gasteiger partial charge >= 0.3 is 0 Å². The maximum Gasteiger partial charge on any atom is 0.124 e. The van der Waals surface area contributed by atoms with Crippen LogP contribution in [0.2, 0.25) is 0 Å². The van der Waals surface area contributed by atoms with Crippen molar-refractivity contribution >= 4 is 10.8 Å². The van der Waals surface area contributed by atoms with Crippen LogP contribution < -0.4 is 20.9 Å². The van der Waals surface area contributed by atoms with Gasteiger partial charge in [-0.05, 0) is 47.9 Å². The lowest BCUT2D eigenvalue weighted by molar-refractivity contribution is 0.301. The van der Waals surface area contributed by atoms with Gasteiger partial charge in [-0.3, -0.25) is 0 Å². The number of rotatable bonds is 14. The van der Waals surface area contributed by atoms with E-state index in [-0.39, 0.29) is 0 Å². The molecule has 4 nitrogen and oxygen atoms in total. The normalized spacial score (nSPS) is 11.1. The van der Waals surface area contributed by atoms with Gasteiger partial charge in [-0.15, -0.1) is 0 Å². The van der Waals surface area contributed by atoms with E-state index in [1.165, 1.54) is 38.5 Å². The first-order valence-corrected chi connectivity index (χ1v) is 11.0. The zero-order valence-electron chi connectivity index (χ0n) is 17.8. The summed E-state index contributed by atoms with van der Waals surface area (Å²) in [6, 6.07) is 8.45. The average Bonchev–Trinajstić information content (AvgIpc) is 2.72. The van der Waals surface area contributed by atoms with E-state index >= 15 is 0 Å². The summed E-state index contributed by atoms with van der Waals surface area (Å²) in [5.74, 6) is 1.78. The van der Waals surface area contributed by atoms with Crippen LogP contribution in [-0.4, -0.2) is 13.2 Å². The summed E-state index contributed by atoms with van der Waals surface area (Å²) in [7, 11) is 0. The van der Waals surface area contributed by atoms with Gasteiger partial charge in [0.2, 0.25) is 0 Å². The smallest absolute Gasteiger partial charge is 0.124 e. The fourth-order valence-corrected chi connectivity index (χ4v) is 3.41. The third-order valence-corrected chi connectivity index (χ3v) is 5.15. The van der Waals surface area contributed by atoms with E-state index in [1.807, 2.05) is 0 Å². The van der Waals surface area contributed by atoms with E-state index in [4.69, 9.17) is 20.9 Å². The zero-order chi connectivity index (χ0) is 20.2. The molecule has 156 valence electrons. The Morgan fingerprint density at radius 1 is 0.607 bits per heavy atom. The van der Waals surface area contributed by atoms with Crippen molar-refractivity contribution in [1.82, 2.24) is 0 Å². The Bertz CT molecular complexity index is 659. The standard InChI is InChI=1S/C24H38N2O2/c1-3-5-7-9-11-27-23-15-20-16-24(28-12-10-8-6-4-2)22(18-26)14-19(20)13-21(23)17-25/h13-16H,3-12,17-18,25-26H2,1-2H3. The van der Waals surface area contributed by atoms with Crippen molar-refractivity contribution in [3.8, 4) is 11.5 Å². The van der Waals surface area contributed by atoms with E-state index in [2.05, 4.69) is 38.1 Å². The lowest BCUT2D eigenvalue weighted by atomic mass is 10.0. The summed E-state index contributed by atoms with van der Waals surface area (Å²) >= 11 is 0. The van der Waals surface area contributed by atoms with Gasteiger partial charge in [0, 0.05) is 24.2 Å². The van der Waals surface area contributed by atoms with Gasteiger partial charge in [-0.25, -0.2) is 0 Å². The second-order valence-corrected chi connectivity index (χ2v) is 7.49. The minimum absolute atomic E-state index is 0.466. The molecule has 0 bridgehead atoms. The number of hydrogen-bond acceptors (Lipinski definition) is 4. The van der Waals surface area contributed by atoms with Gasteiger partial charge in [0.15, 0.2) is 0 Å². The number of unbranched alkanes of at least 4 members (excludes halogenated alkanes) is 6. The van der Waals surface area contributed by atoms with Crippen LogP contribution in [0.3, 0.4) is 0 Å². The van der Waals surface area contributed by atoms with Crippen LogP contribution in [0.4, 0.5) is 0 Å². The van der Waals surface area contributed by atoms with Crippen molar-refractivity contribution in [3.05, 3.63) is 35.4 Å². The van der Waals surface area contributed by atoms with Gasteiger partial charge < -0.3 is 20.9 Å². The minimum Gasteiger partial charge on any atom is -0.493 e. The van der Waals surface area contributed by atoms with Crippen LogP contribution >= 0.6 is 0 Å². The summed E-state index contributed by atoms with van der Waals surface area (Å²) in [5, 5.41) is 2.25. The molecule has 2 aromatic rings. The summed E-state index contributed by atoms with van der Waals surface area (Å²) < 4.78 is 12.1. The van der Waals surface area contributed by atoms with Crippen molar-refractivity contribution in [1.29, 1.82) is 0 Å². The number of hydrogen-bond donors (Lipinski definition) is 2. The third kappa shape index (κ3) is 6.68. The Morgan fingerprint density at radius 2 is 1.04 bits per heavy atom. The summed E-state index contributed by atoms with van der Waals surface area (Å²) in [6.45, 7) is 6.84. The Hall–Kier alpha value is -1.78. The molecule has 0 heterocycles. The first-order chi connectivity index (χ1) is 13.7. The second kappa shape index (κ2) is 12.6. The molecule has 0 aliphatic heterocycles. The summed E-state index contributed by atoms with van der Waals surface area (Å²) in [5.41, 5.74) is 14.0. The molecule has 28 heavy (non-hydrogen) atoms. The molecule has 0 atom stereocenters. The van der Waals surface area contributed by atoms with Gasteiger partial charge in [0.05, 0.1) is 13.2 Å². The molecule has 0 aliphatic carbocycles. The Kier molecular flexibility index (Phi) is 10.2. The highest BCUT2D eigenvalue weighted by Gasteiger charge is 2.10. The van der Waals surface area contributed by atoms with Crippen LogP contribution in [0.5, 0.6) is 11.5 Å². The molecule has 0 saturated heterocycles. The van der Waals surface area contributed by atoms with E-state index in [1.54, 1.807) is 0 Å². The SMILES string of the molecule is CCCCCCOc1cc2cc(OCCCCCC)c(CN)cc2cc1CN. The van der Waals surface area contributed by atoms with E-state index in [0.717, 1.165) is 59.5 Å². The molecule has 0 aliphatic rings. The fourth-order valence-electron chi connectivity index (χ4n) is 3.41. The van der Waals surface area contributed by atoms with Crippen LogP contribution in [0, 0.1) is 0 Å². The quantitative estimate of drug-likeness (QED) is 0.410. The maximum absolute atomic E-state index is 6.06. The highest BCUT2D eigenvalue weighted by Crippen LogP contribution is 2.31. The fraction of sp³-hybridized carbons (Fsp3) is 0.583. The molecular formula is C24H38N2O2. The average molecular weight is 387 g/mol. The van der Waals surface area contributed by atoms with E-state index < -0.39 is 0 Å². The van der Waals surface area contributed by atoms with Crippen molar-refractivity contribution < 1.29 is 9.47 Å². The molecule has 2 rings (SSSR count). The molecule has 0 spiro atoms.